The smallest absolute Gasteiger partial charge is 0.0424 e. The Morgan fingerprint density at radius 2 is 1.94 bits per heavy atom. The van der Waals surface area contributed by atoms with Crippen LogP contribution in [0.2, 0.25) is 10.0 Å². The van der Waals surface area contributed by atoms with Crippen molar-refractivity contribution < 1.29 is 0 Å². The van der Waals surface area contributed by atoms with Gasteiger partial charge in [0.15, 0.2) is 0 Å². The Morgan fingerprint density at radius 1 is 1.31 bits per heavy atom. The van der Waals surface area contributed by atoms with E-state index in [0.717, 1.165) is 24.9 Å². The van der Waals surface area contributed by atoms with Gasteiger partial charge in [-0.15, -0.1) is 6.58 Å². The van der Waals surface area contributed by atoms with Crippen molar-refractivity contribution in [2.75, 3.05) is 6.54 Å². The first-order valence-electron chi connectivity index (χ1n) is 5.47. The molecule has 0 bridgehead atoms. The van der Waals surface area contributed by atoms with Gasteiger partial charge in [0.25, 0.3) is 0 Å². The van der Waals surface area contributed by atoms with Crippen LogP contribution in [-0.4, -0.2) is 6.54 Å². The first-order valence-corrected chi connectivity index (χ1v) is 6.23. The van der Waals surface area contributed by atoms with E-state index in [1.807, 2.05) is 18.2 Å². The molecule has 0 saturated carbocycles. The van der Waals surface area contributed by atoms with E-state index in [1.165, 1.54) is 0 Å². The molecule has 16 heavy (non-hydrogen) atoms. The Morgan fingerprint density at radius 3 is 2.44 bits per heavy atom. The minimum absolute atomic E-state index is 0.244. The van der Waals surface area contributed by atoms with Crippen LogP contribution in [-0.2, 0) is 0 Å². The van der Waals surface area contributed by atoms with Crippen molar-refractivity contribution in [3.8, 4) is 0 Å². The Bertz CT molecular complexity index is 330. The fraction of sp³-hybridized carbons (Fsp3) is 0.385. The molecule has 1 aromatic rings. The van der Waals surface area contributed by atoms with Crippen LogP contribution in [0.5, 0.6) is 0 Å². The third-order valence-electron chi connectivity index (χ3n) is 2.33. The summed E-state index contributed by atoms with van der Waals surface area (Å²) in [7, 11) is 0. The Balaban J connectivity index is 2.86. The molecule has 0 heterocycles. The number of rotatable bonds is 6. The maximum atomic E-state index is 5.99. The molecule has 1 N–H and O–H groups in total. The van der Waals surface area contributed by atoms with Crippen LogP contribution in [0, 0.1) is 0 Å². The molecule has 0 saturated heterocycles. The maximum Gasteiger partial charge on any atom is 0.0424 e. The van der Waals surface area contributed by atoms with Gasteiger partial charge in [0.1, 0.15) is 0 Å². The van der Waals surface area contributed by atoms with Gasteiger partial charge in [-0.05, 0) is 43.1 Å². The predicted octanol–water partition coefficient (Wildman–Crippen LogP) is 4.61. The molecular weight excluding hydrogens is 241 g/mol. The molecule has 88 valence electrons. The van der Waals surface area contributed by atoms with E-state index in [1.54, 1.807) is 6.07 Å². The lowest BCUT2D eigenvalue weighted by Crippen LogP contribution is -2.21. The summed E-state index contributed by atoms with van der Waals surface area (Å²) in [5, 5.41) is 4.80. The fourth-order valence-electron chi connectivity index (χ4n) is 1.60. The highest BCUT2D eigenvalue weighted by Crippen LogP contribution is 2.25. The summed E-state index contributed by atoms with van der Waals surface area (Å²) in [5.41, 5.74) is 1.12. The van der Waals surface area contributed by atoms with E-state index in [9.17, 15) is 0 Å². The van der Waals surface area contributed by atoms with Crippen LogP contribution < -0.4 is 5.32 Å². The van der Waals surface area contributed by atoms with E-state index in [-0.39, 0.29) is 6.04 Å². The van der Waals surface area contributed by atoms with Gasteiger partial charge in [-0.3, -0.25) is 0 Å². The molecule has 0 fully saturated rings. The third-order valence-corrected chi connectivity index (χ3v) is 2.77. The average Bonchev–Trinajstić information content (AvgIpc) is 2.22. The highest BCUT2D eigenvalue weighted by Gasteiger charge is 2.10. The van der Waals surface area contributed by atoms with Crippen LogP contribution in [0.4, 0.5) is 0 Å². The van der Waals surface area contributed by atoms with E-state index >= 15 is 0 Å². The summed E-state index contributed by atoms with van der Waals surface area (Å²) in [6, 6.07) is 5.89. The second-order valence-electron chi connectivity index (χ2n) is 3.73. The molecule has 1 aromatic carbocycles. The van der Waals surface area contributed by atoms with Gasteiger partial charge in [0, 0.05) is 16.1 Å². The van der Waals surface area contributed by atoms with E-state index in [4.69, 9.17) is 23.2 Å². The van der Waals surface area contributed by atoms with Crippen molar-refractivity contribution in [1.82, 2.24) is 5.32 Å². The third kappa shape index (κ3) is 4.17. The zero-order valence-electron chi connectivity index (χ0n) is 9.47. The van der Waals surface area contributed by atoms with Crippen LogP contribution in [0.3, 0.4) is 0 Å². The van der Waals surface area contributed by atoms with Crippen molar-refractivity contribution in [2.24, 2.45) is 0 Å². The predicted molar refractivity (Wildman–Crippen MR) is 72.3 cm³/mol. The van der Waals surface area contributed by atoms with Crippen molar-refractivity contribution in [1.29, 1.82) is 0 Å². The van der Waals surface area contributed by atoms with E-state index < -0.39 is 0 Å². The van der Waals surface area contributed by atoms with Crippen LogP contribution in [0.15, 0.2) is 30.9 Å². The Labute approximate surface area is 107 Å². The van der Waals surface area contributed by atoms with Gasteiger partial charge >= 0.3 is 0 Å². The SMILES string of the molecule is C=CCC(NCCC)c1cc(Cl)cc(Cl)c1. The van der Waals surface area contributed by atoms with Crippen molar-refractivity contribution >= 4 is 23.2 Å². The first-order chi connectivity index (χ1) is 7.67. The van der Waals surface area contributed by atoms with Gasteiger partial charge in [0.05, 0.1) is 0 Å². The number of halogens is 2. The van der Waals surface area contributed by atoms with Gasteiger partial charge in [-0.1, -0.05) is 36.2 Å². The molecule has 0 spiro atoms. The zero-order valence-corrected chi connectivity index (χ0v) is 11.0. The zero-order chi connectivity index (χ0) is 12.0. The number of nitrogens with one attached hydrogen (secondary N) is 1. The molecule has 0 amide bonds. The Kier molecular flexibility index (Phi) is 5.89. The lowest BCUT2D eigenvalue weighted by Gasteiger charge is -2.17. The molecule has 0 aliphatic heterocycles. The van der Waals surface area contributed by atoms with Gasteiger partial charge in [-0.25, -0.2) is 0 Å². The van der Waals surface area contributed by atoms with Crippen LogP contribution >= 0.6 is 23.2 Å². The monoisotopic (exact) mass is 257 g/mol. The van der Waals surface area contributed by atoms with Crippen molar-refractivity contribution in [3.05, 3.63) is 46.5 Å². The number of benzene rings is 1. The molecule has 1 unspecified atom stereocenters. The summed E-state index contributed by atoms with van der Waals surface area (Å²) in [5.74, 6) is 0. The molecule has 0 aliphatic rings. The van der Waals surface area contributed by atoms with Crippen molar-refractivity contribution in [2.45, 2.75) is 25.8 Å². The largest absolute Gasteiger partial charge is 0.310 e. The Hall–Kier alpha value is -0.500. The molecule has 3 heteroatoms. The maximum absolute atomic E-state index is 5.99. The molecule has 0 aliphatic carbocycles. The van der Waals surface area contributed by atoms with Crippen molar-refractivity contribution in [3.63, 3.8) is 0 Å². The minimum Gasteiger partial charge on any atom is -0.310 e. The summed E-state index contributed by atoms with van der Waals surface area (Å²) < 4.78 is 0. The average molecular weight is 258 g/mol. The lowest BCUT2D eigenvalue weighted by atomic mass is 10.0. The summed E-state index contributed by atoms with van der Waals surface area (Å²) in [6.45, 7) is 6.89. The second-order valence-corrected chi connectivity index (χ2v) is 4.61. The standard InChI is InChI=1S/C13H17Cl2N/c1-3-5-13(16-6-4-2)10-7-11(14)9-12(15)8-10/h3,7-9,13,16H,1,4-6H2,2H3. The lowest BCUT2D eigenvalue weighted by molar-refractivity contribution is 0.537. The van der Waals surface area contributed by atoms with E-state index in [2.05, 4.69) is 18.8 Å². The highest BCUT2D eigenvalue weighted by atomic mass is 35.5. The quantitative estimate of drug-likeness (QED) is 0.734. The normalized spacial score (nSPS) is 12.4. The topological polar surface area (TPSA) is 12.0 Å². The van der Waals surface area contributed by atoms with Crippen LogP contribution in [0.1, 0.15) is 31.4 Å². The second kappa shape index (κ2) is 6.95. The molecule has 0 radical (unpaired) electrons. The fourth-order valence-corrected chi connectivity index (χ4v) is 2.14. The molecule has 0 aromatic heterocycles. The van der Waals surface area contributed by atoms with Gasteiger partial charge in [-0.2, -0.15) is 0 Å². The summed E-state index contributed by atoms with van der Waals surface area (Å²) >= 11 is 12.0. The number of hydrogen-bond acceptors (Lipinski definition) is 1. The highest BCUT2D eigenvalue weighted by molar-refractivity contribution is 6.34. The summed E-state index contributed by atoms with van der Waals surface area (Å²) in [4.78, 5) is 0. The number of hydrogen-bond donors (Lipinski definition) is 1. The molecule has 1 nitrogen and oxygen atoms in total. The first kappa shape index (κ1) is 13.6. The van der Waals surface area contributed by atoms with Gasteiger partial charge < -0.3 is 5.32 Å². The van der Waals surface area contributed by atoms with Crippen LogP contribution in [0.25, 0.3) is 0 Å². The molecule has 1 rings (SSSR count). The minimum atomic E-state index is 0.244. The van der Waals surface area contributed by atoms with E-state index in [0.29, 0.717) is 10.0 Å². The van der Waals surface area contributed by atoms with Gasteiger partial charge in [0.2, 0.25) is 0 Å². The molecular formula is C13H17Cl2N. The summed E-state index contributed by atoms with van der Waals surface area (Å²) in [6.07, 6.45) is 3.88. The molecule has 1 atom stereocenters.